The normalized spacial score (nSPS) is 29.8. The Morgan fingerprint density at radius 2 is 1.72 bits per heavy atom. The van der Waals surface area contributed by atoms with Gasteiger partial charge in [-0.3, -0.25) is 20.0 Å². The van der Waals surface area contributed by atoms with Crippen molar-refractivity contribution in [2.45, 2.75) is 116 Å². The lowest BCUT2D eigenvalue weighted by Crippen LogP contribution is -2.66. The molecular formula is C22H39N3O4. The van der Waals surface area contributed by atoms with E-state index in [2.05, 4.69) is 22.1 Å². The first-order valence-corrected chi connectivity index (χ1v) is 11.4. The minimum absolute atomic E-state index is 0.00249. The van der Waals surface area contributed by atoms with Crippen LogP contribution in [-0.4, -0.2) is 51.7 Å². The summed E-state index contributed by atoms with van der Waals surface area (Å²) in [7, 11) is 0. The molecule has 0 spiro atoms. The van der Waals surface area contributed by atoms with Crippen LogP contribution in [0.25, 0.3) is 0 Å². The van der Waals surface area contributed by atoms with Gasteiger partial charge in [-0.05, 0) is 33.1 Å². The smallest absolute Gasteiger partial charge is 0.346 e. The molecule has 1 saturated heterocycles. The molecule has 0 amide bonds. The van der Waals surface area contributed by atoms with Crippen molar-refractivity contribution in [2.24, 2.45) is 5.92 Å². The molecule has 166 valence electrons. The molecule has 7 heteroatoms. The Labute approximate surface area is 175 Å². The molecule has 1 fully saturated rings. The van der Waals surface area contributed by atoms with E-state index in [9.17, 15) is 9.90 Å². The molecule has 0 saturated carbocycles. The second-order valence-electron chi connectivity index (χ2n) is 8.83. The van der Waals surface area contributed by atoms with Crippen LogP contribution in [0.1, 0.15) is 91.4 Å². The maximum Gasteiger partial charge on any atom is 0.346 e. The zero-order chi connectivity index (χ0) is 21.4. The Bertz CT molecular complexity index is 589. The Balaban J connectivity index is 0.000000687. The average Bonchev–Trinajstić information content (AvgIpc) is 3.04. The quantitative estimate of drug-likeness (QED) is 0.396. The monoisotopic (exact) mass is 409 g/mol. The van der Waals surface area contributed by atoms with Crippen LogP contribution in [0.5, 0.6) is 0 Å². The van der Waals surface area contributed by atoms with Crippen LogP contribution >= 0.6 is 0 Å². The highest BCUT2D eigenvalue weighted by Crippen LogP contribution is 2.34. The number of unbranched alkanes of at least 4 members (excludes halogenated alkanes) is 6. The summed E-state index contributed by atoms with van der Waals surface area (Å²) in [6, 6.07) is 1.24. The van der Waals surface area contributed by atoms with Gasteiger partial charge in [0.15, 0.2) is 0 Å². The molecular weight excluding hydrogens is 370 g/mol. The summed E-state index contributed by atoms with van der Waals surface area (Å²) in [6.07, 6.45) is 14.1. The molecule has 0 radical (unpaired) electrons. The van der Waals surface area contributed by atoms with Gasteiger partial charge in [-0.25, -0.2) is 0 Å². The van der Waals surface area contributed by atoms with E-state index < -0.39 is 11.9 Å². The molecule has 7 nitrogen and oxygen atoms in total. The van der Waals surface area contributed by atoms with E-state index >= 15 is 0 Å². The predicted molar refractivity (Wildman–Crippen MR) is 111 cm³/mol. The first-order valence-electron chi connectivity index (χ1n) is 11.4. The average molecular weight is 410 g/mol. The van der Waals surface area contributed by atoms with Crippen molar-refractivity contribution in [3.05, 3.63) is 0 Å². The van der Waals surface area contributed by atoms with Crippen LogP contribution in [0.2, 0.25) is 0 Å². The highest BCUT2D eigenvalue weighted by atomic mass is 16.4. The Kier molecular flexibility index (Phi) is 9.24. The first-order chi connectivity index (χ1) is 13.8. The van der Waals surface area contributed by atoms with E-state index in [0.29, 0.717) is 12.1 Å². The number of carboxylic acids is 2. The van der Waals surface area contributed by atoms with Gasteiger partial charge in [0.05, 0.1) is 24.2 Å². The Morgan fingerprint density at radius 1 is 1.10 bits per heavy atom. The zero-order valence-corrected chi connectivity index (χ0v) is 18.3. The maximum atomic E-state index is 11.7. The lowest BCUT2D eigenvalue weighted by atomic mass is 9.90. The summed E-state index contributed by atoms with van der Waals surface area (Å²) >= 11 is 0. The van der Waals surface area contributed by atoms with Crippen LogP contribution in [0.3, 0.4) is 0 Å². The molecule has 3 N–H and O–H groups in total. The highest BCUT2D eigenvalue weighted by molar-refractivity contribution is 5.80. The van der Waals surface area contributed by atoms with Crippen LogP contribution in [0, 0.1) is 5.92 Å². The number of carbonyl (C=O) groups is 2. The van der Waals surface area contributed by atoms with Crippen molar-refractivity contribution in [3.8, 4) is 0 Å². The second-order valence-corrected chi connectivity index (χ2v) is 8.83. The number of hydrogen-bond donors (Lipinski definition) is 3. The van der Waals surface area contributed by atoms with Gasteiger partial charge in [-0.1, -0.05) is 51.9 Å². The third-order valence-corrected chi connectivity index (χ3v) is 6.46. The van der Waals surface area contributed by atoms with Crippen molar-refractivity contribution in [1.82, 2.24) is 10.6 Å². The summed E-state index contributed by atoms with van der Waals surface area (Å²) in [4.78, 5) is 20.6. The molecule has 5 atom stereocenters. The second kappa shape index (κ2) is 11.4. The van der Waals surface area contributed by atoms with E-state index in [1.807, 2.05) is 6.92 Å². The molecule has 0 aromatic carbocycles. The number of hydrogen-bond acceptors (Lipinski definition) is 5. The number of nitrogens with zero attached hydrogens (tertiary/aromatic N) is 1. The molecule has 3 heterocycles. The van der Waals surface area contributed by atoms with Crippen molar-refractivity contribution in [3.63, 3.8) is 0 Å². The van der Waals surface area contributed by atoms with Gasteiger partial charge >= 0.3 is 11.9 Å². The number of carbonyl (C=O) groups excluding carboxylic acids is 1. The minimum Gasteiger partial charge on any atom is -0.550 e. The summed E-state index contributed by atoms with van der Waals surface area (Å²) < 4.78 is 2.36. The number of guanidine groups is 1. The molecule has 0 aromatic rings. The molecule has 3 rings (SSSR count). The molecule has 0 unspecified atom stereocenters. The van der Waals surface area contributed by atoms with Crippen molar-refractivity contribution in [1.29, 1.82) is 0 Å². The zero-order valence-electron chi connectivity index (χ0n) is 18.3. The minimum atomic E-state index is -1.08. The van der Waals surface area contributed by atoms with Gasteiger partial charge in [0, 0.05) is 12.4 Å². The third-order valence-electron chi connectivity index (χ3n) is 6.46. The van der Waals surface area contributed by atoms with E-state index in [1.165, 1.54) is 51.4 Å². The maximum absolute atomic E-state index is 11.7. The molecule has 3 aliphatic rings. The predicted octanol–water partition coefficient (Wildman–Crippen LogP) is 1.84. The lowest BCUT2D eigenvalue weighted by molar-refractivity contribution is -0.598. The number of nitrogens with one attached hydrogen (secondary N) is 2. The van der Waals surface area contributed by atoms with Crippen LogP contribution in [0.15, 0.2) is 0 Å². The van der Waals surface area contributed by atoms with E-state index in [4.69, 9.17) is 9.90 Å². The molecule has 0 aliphatic carbocycles. The van der Waals surface area contributed by atoms with Crippen molar-refractivity contribution >= 4 is 17.9 Å². The van der Waals surface area contributed by atoms with Gasteiger partial charge in [-0.15, -0.1) is 0 Å². The topological polar surface area (TPSA) is 104 Å². The summed E-state index contributed by atoms with van der Waals surface area (Å²) in [6.45, 7) is 5.25. The summed E-state index contributed by atoms with van der Waals surface area (Å²) in [5.41, 5.74) is 0. The Hall–Kier alpha value is -1.79. The van der Waals surface area contributed by atoms with Crippen molar-refractivity contribution in [2.75, 3.05) is 0 Å². The molecule has 29 heavy (non-hydrogen) atoms. The van der Waals surface area contributed by atoms with Gasteiger partial charge in [0.1, 0.15) is 5.92 Å². The number of aliphatic carboxylic acids is 2. The van der Waals surface area contributed by atoms with Gasteiger partial charge in [-0.2, -0.15) is 0 Å². The fourth-order valence-corrected chi connectivity index (χ4v) is 5.17. The molecule has 3 aliphatic heterocycles. The number of rotatable bonds is 9. The van der Waals surface area contributed by atoms with E-state index in [-0.39, 0.29) is 18.0 Å². The summed E-state index contributed by atoms with van der Waals surface area (Å²) in [5.74, 6) is -0.929. The van der Waals surface area contributed by atoms with Crippen LogP contribution in [-0.2, 0) is 9.59 Å². The summed E-state index contributed by atoms with van der Waals surface area (Å²) in [5, 5.41) is 25.6. The van der Waals surface area contributed by atoms with Gasteiger partial charge in [0.25, 0.3) is 0 Å². The fourth-order valence-electron chi connectivity index (χ4n) is 5.17. The SMILES string of the molecule is CC(=O)[O-].CCCCCCCCC[C@@H]1C[C@@H]2CC[C@H]3[C@H](C(=O)O)[C@@H](C)NC(=[N+]23)N1. The van der Waals surface area contributed by atoms with E-state index in [0.717, 1.165) is 32.1 Å². The standard InChI is InChI=1S/C20H35N3O2.C2H4O2/c1-3-4-5-6-7-8-9-10-15-13-16-11-12-17-18(19(24)25)14(2)21-20(22-15)23(16)17;1-2(3)4/h14-18H,3-13H2,1-2H3,(H2,21,22,24,25);1H3,(H,3,4)/t14-,15-,16+,17+,18-;/m1./s1. The molecule has 0 bridgehead atoms. The van der Waals surface area contributed by atoms with Gasteiger partial charge < -0.3 is 15.0 Å². The molecule has 0 aromatic heterocycles. The van der Waals surface area contributed by atoms with Crippen molar-refractivity contribution < 1.29 is 24.4 Å². The van der Waals surface area contributed by atoms with Crippen LogP contribution < -0.4 is 15.7 Å². The number of carboxylic acid groups (broad SMARTS) is 2. The third kappa shape index (κ3) is 6.61. The van der Waals surface area contributed by atoms with E-state index in [1.54, 1.807) is 0 Å². The fraction of sp³-hybridized carbons (Fsp3) is 0.864. The lowest BCUT2D eigenvalue weighted by Gasteiger charge is -2.37. The largest absolute Gasteiger partial charge is 0.550 e. The van der Waals surface area contributed by atoms with Crippen LogP contribution in [0.4, 0.5) is 0 Å². The highest BCUT2D eigenvalue weighted by Gasteiger charge is 2.52. The van der Waals surface area contributed by atoms with Gasteiger partial charge in [0.2, 0.25) is 0 Å². The Morgan fingerprint density at radius 3 is 2.34 bits per heavy atom. The first kappa shape index (κ1) is 23.5.